The van der Waals surface area contributed by atoms with Crippen LogP contribution < -0.4 is 10.6 Å². The minimum atomic E-state index is 0. The number of rotatable bonds is 5. The molecule has 0 aromatic carbocycles. The molecule has 3 saturated carbocycles. The highest BCUT2D eigenvalue weighted by atomic mass is 127. The molecule has 0 heterocycles. The highest BCUT2D eigenvalue weighted by molar-refractivity contribution is 14.0. The Labute approximate surface area is 121 Å². The molecule has 3 rings (SSSR count). The first kappa shape index (κ1) is 13.4. The van der Waals surface area contributed by atoms with E-state index < -0.39 is 0 Å². The van der Waals surface area contributed by atoms with Gasteiger partial charge in [0.05, 0.1) is 0 Å². The van der Waals surface area contributed by atoms with Gasteiger partial charge in [0.25, 0.3) is 0 Å². The molecule has 0 spiro atoms. The van der Waals surface area contributed by atoms with Crippen molar-refractivity contribution in [2.45, 2.75) is 51.5 Å². The third-order valence-electron chi connectivity index (χ3n) is 4.15. The molecule has 3 fully saturated rings. The van der Waals surface area contributed by atoms with Gasteiger partial charge in [0.1, 0.15) is 0 Å². The van der Waals surface area contributed by atoms with Gasteiger partial charge in [0, 0.05) is 19.1 Å². The number of guanidine groups is 1. The summed E-state index contributed by atoms with van der Waals surface area (Å²) in [5.74, 6) is 2.07. The third kappa shape index (κ3) is 3.48. The van der Waals surface area contributed by atoms with Crippen molar-refractivity contribution in [2.75, 3.05) is 13.1 Å². The summed E-state index contributed by atoms with van der Waals surface area (Å²) >= 11 is 0. The molecule has 0 atom stereocenters. The topological polar surface area (TPSA) is 36.4 Å². The Hall–Kier alpha value is 0. The largest absolute Gasteiger partial charge is 0.357 e. The van der Waals surface area contributed by atoms with E-state index in [1.165, 1.54) is 38.5 Å². The smallest absolute Gasteiger partial charge is 0.191 e. The third-order valence-corrected chi connectivity index (χ3v) is 4.15. The summed E-state index contributed by atoms with van der Waals surface area (Å²) < 4.78 is 0. The van der Waals surface area contributed by atoms with Crippen molar-refractivity contribution >= 4 is 29.9 Å². The van der Waals surface area contributed by atoms with Gasteiger partial charge < -0.3 is 10.6 Å². The van der Waals surface area contributed by atoms with Crippen molar-refractivity contribution in [3.8, 4) is 0 Å². The minimum Gasteiger partial charge on any atom is -0.357 e. The van der Waals surface area contributed by atoms with Gasteiger partial charge in [0.15, 0.2) is 5.96 Å². The molecule has 3 aliphatic carbocycles. The van der Waals surface area contributed by atoms with Crippen LogP contribution >= 0.6 is 24.0 Å². The lowest BCUT2D eigenvalue weighted by atomic mass is 10.0. The van der Waals surface area contributed by atoms with Crippen molar-refractivity contribution in [3.05, 3.63) is 0 Å². The first-order valence-electron chi connectivity index (χ1n) is 6.87. The Balaban J connectivity index is 0.00000108. The van der Waals surface area contributed by atoms with E-state index in [1.807, 2.05) is 0 Å². The molecule has 0 aliphatic heterocycles. The van der Waals surface area contributed by atoms with Crippen LogP contribution in [0.25, 0.3) is 0 Å². The zero-order valence-electron chi connectivity index (χ0n) is 10.7. The van der Waals surface area contributed by atoms with Crippen LogP contribution in [0.15, 0.2) is 4.99 Å². The molecule has 0 radical (unpaired) electrons. The monoisotopic (exact) mass is 349 g/mol. The van der Waals surface area contributed by atoms with E-state index in [1.54, 1.807) is 0 Å². The molecule has 0 saturated heterocycles. The summed E-state index contributed by atoms with van der Waals surface area (Å²) in [6, 6.07) is 0.703. The van der Waals surface area contributed by atoms with E-state index in [2.05, 4.69) is 17.6 Å². The summed E-state index contributed by atoms with van der Waals surface area (Å²) in [6.45, 7) is 4.16. The average molecular weight is 349 g/mol. The van der Waals surface area contributed by atoms with Crippen molar-refractivity contribution in [2.24, 2.45) is 16.3 Å². The summed E-state index contributed by atoms with van der Waals surface area (Å²) in [4.78, 5) is 4.78. The van der Waals surface area contributed by atoms with E-state index in [-0.39, 0.29) is 24.0 Å². The van der Waals surface area contributed by atoms with Crippen LogP contribution in [-0.2, 0) is 0 Å². The molecule has 3 aliphatic rings. The molecule has 0 amide bonds. The van der Waals surface area contributed by atoms with Gasteiger partial charge in [-0.1, -0.05) is 0 Å². The number of hydrogen-bond acceptors (Lipinski definition) is 1. The molecular weight excluding hydrogens is 325 g/mol. The molecule has 0 aromatic heterocycles. The highest BCUT2D eigenvalue weighted by Gasteiger charge is 2.53. The van der Waals surface area contributed by atoms with Crippen LogP contribution in [0.3, 0.4) is 0 Å². The fraction of sp³-hybridized carbons (Fsp3) is 0.923. The van der Waals surface area contributed by atoms with Gasteiger partial charge in [-0.3, -0.25) is 4.99 Å². The molecular formula is C13H24IN3. The van der Waals surface area contributed by atoms with Crippen LogP contribution in [0.1, 0.15) is 45.4 Å². The average Bonchev–Trinajstić information content (AvgIpc) is 3.13. The first-order valence-corrected chi connectivity index (χ1v) is 6.87. The van der Waals surface area contributed by atoms with Crippen molar-refractivity contribution in [1.29, 1.82) is 0 Å². The number of hydrogen-bond donors (Lipinski definition) is 2. The highest BCUT2D eigenvalue weighted by Crippen LogP contribution is 2.61. The molecule has 2 N–H and O–H groups in total. The van der Waals surface area contributed by atoms with Crippen LogP contribution in [-0.4, -0.2) is 25.1 Å². The van der Waals surface area contributed by atoms with Gasteiger partial charge >= 0.3 is 0 Å². The van der Waals surface area contributed by atoms with Crippen LogP contribution in [0.2, 0.25) is 0 Å². The Morgan fingerprint density at radius 2 is 1.94 bits per heavy atom. The molecule has 17 heavy (non-hydrogen) atoms. The summed E-state index contributed by atoms with van der Waals surface area (Å²) in [5, 5.41) is 6.84. The van der Waals surface area contributed by atoms with Crippen LogP contribution in [0.4, 0.5) is 0 Å². The predicted octanol–water partition coefficient (Wildman–Crippen LogP) is 2.51. The molecule has 0 aromatic rings. The van der Waals surface area contributed by atoms with Crippen molar-refractivity contribution in [1.82, 2.24) is 10.6 Å². The molecule has 4 heteroatoms. The normalized spacial score (nSPS) is 26.1. The Kier molecular flexibility index (Phi) is 4.21. The predicted molar refractivity (Wildman–Crippen MR) is 81.9 cm³/mol. The van der Waals surface area contributed by atoms with Gasteiger partial charge in [-0.05, 0) is 56.8 Å². The Morgan fingerprint density at radius 1 is 1.24 bits per heavy atom. The minimum absolute atomic E-state index is 0. The zero-order valence-corrected chi connectivity index (χ0v) is 13.0. The SMILES string of the molecule is CCNC(=NCC1(C2CC2)CC1)NC1CC1.I. The molecule has 98 valence electrons. The lowest BCUT2D eigenvalue weighted by Crippen LogP contribution is -2.39. The van der Waals surface area contributed by atoms with Gasteiger partial charge in [-0.2, -0.15) is 0 Å². The molecule has 0 bridgehead atoms. The lowest BCUT2D eigenvalue weighted by molar-refractivity contribution is 0.452. The quantitative estimate of drug-likeness (QED) is 0.455. The van der Waals surface area contributed by atoms with Gasteiger partial charge in [0.2, 0.25) is 0 Å². The maximum absolute atomic E-state index is 4.78. The number of nitrogens with zero attached hydrogens (tertiary/aromatic N) is 1. The summed E-state index contributed by atoms with van der Waals surface area (Å²) in [5.41, 5.74) is 0.631. The molecule has 0 unspecified atom stereocenters. The Bertz CT molecular complexity index is 291. The summed E-state index contributed by atoms with van der Waals surface area (Å²) in [7, 11) is 0. The number of halogens is 1. The van der Waals surface area contributed by atoms with Gasteiger partial charge in [-0.15, -0.1) is 24.0 Å². The second kappa shape index (κ2) is 5.33. The molecule has 3 nitrogen and oxygen atoms in total. The van der Waals surface area contributed by atoms with Crippen LogP contribution in [0.5, 0.6) is 0 Å². The van der Waals surface area contributed by atoms with E-state index in [9.17, 15) is 0 Å². The lowest BCUT2D eigenvalue weighted by Gasteiger charge is -2.14. The van der Waals surface area contributed by atoms with E-state index in [4.69, 9.17) is 4.99 Å². The van der Waals surface area contributed by atoms with Crippen molar-refractivity contribution in [3.63, 3.8) is 0 Å². The second-order valence-electron chi connectivity index (χ2n) is 5.75. The summed E-state index contributed by atoms with van der Waals surface area (Å²) in [6.07, 6.45) is 8.40. The fourth-order valence-corrected chi connectivity index (χ4v) is 2.53. The first-order chi connectivity index (χ1) is 7.82. The Morgan fingerprint density at radius 3 is 2.41 bits per heavy atom. The van der Waals surface area contributed by atoms with Crippen LogP contribution in [0, 0.1) is 11.3 Å². The maximum atomic E-state index is 4.78. The van der Waals surface area contributed by atoms with Crippen molar-refractivity contribution < 1.29 is 0 Å². The number of nitrogens with one attached hydrogen (secondary N) is 2. The van der Waals surface area contributed by atoms with E-state index >= 15 is 0 Å². The fourth-order valence-electron chi connectivity index (χ4n) is 2.53. The second-order valence-corrected chi connectivity index (χ2v) is 5.75. The maximum Gasteiger partial charge on any atom is 0.191 e. The zero-order chi connectivity index (χ0) is 11.0. The van der Waals surface area contributed by atoms with E-state index in [0.717, 1.165) is 25.0 Å². The standard InChI is InChI=1S/C13H23N3.HI/c1-2-14-12(16-11-5-6-11)15-9-13(7-8-13)10-3-4-10;/h10-11H,2-9H2,1H3,(H2,14,15,16);1H. The van der Waals surface area contributed by atoms with Gasteiger partial charge in [-0.25, -0.2) is 0 Å². The van der Waals surface area contributed by atoms with E-state index in [0.29, 0.717) is 11.5 Å². The number of aliphatic imine (C=N–C) groups is 1.